The van der Waals surface area contributed by atoms with E-state index in [-0.39, 0.29) is 18.1 Å². The maximum Gasteiger partial charge on any atom is 0.0671 e. The summed E-state index contributed by atoms with van der Waals surface area (Å²) in [5, 5.41) is 15.3. The highest BCUT2D eigenvalue weighted by Gasteiger charge is 2.23. The number of aliphatic hydroxyl groups is 1. The first kappa shape index (κ1) is 15.2. The lowest BCUT2D eigenvalue weighted by atomic mass is 9.88. The molecule has 0 aliphatic heterocycles. The van der Waals surface area contributed by atoms with Crippen LogP contribution in [-0.4, -0.2) is 18.3 Å². The molecule has 2 N–H and O–H groups in total. The van der Waals surface area contributed by atoms with Crippen molar-refractivity contribution in [3.63, 3.8) is 0 Å². The number of hydrogen-bond acceptors (Lipinski definition) is 3. The van der Waals surface area contributed by atoms with Gasteiger partial charge in [0.25, 0.3) is 0 Å². The molecule has 0 fully saturated rings. The van der Waals surface area contributed by atoms with E-state index in [0.717, 1.165) is 13.0 Å². The fourth-order valence-electron chi connectivity index (χ4n) is 2.12. The van der Waals surface area contributed by atoms with Crippen molar-refractivity contribution in [1.29, 1.82) is 0 Å². The van der Waals surface area contributed by atoms with E-state index in [1.807, 2.05) is 6.07 Å². The summed E-state index contributed by atoms with van der Waals surface area (Å²) < 4.78 is 0. The second-order valence-corrected chi connectivity index (χ2v) is 6.54. The quantitative estimate of drug-likeness (QED) is 0.812. The van der Waals surface area contributed by atoms with Crippen molar-refractivity contribution in [1.82, 2.24) is 5.32 Å². The lowest BCUT2D eigenvalue weighted by Crippen LogP contribution is -2.36. The van der Waals surface area contributed by atoms with Crippen LogP contribution in [0.25, 0.3) is 0 Å². The zero-order valence-corrected chi connectivity index (χ0v) is 13.0. The molecule has 0 saturated heterocycles. The third kappa shape index (κ3) is 3.69. The predicted molar refractivity (Wildman–Crippen MR) is 86.1 cm³/mol. The Morgan fingerprint density at radius 1 is 1.20 bits per heavy atom. The van der Waals surface area contributed by atoms with E-state index >= 15 is 0 Å². The van der Waals surface area contributed by atoms with Gasteiger partial charge in [0.05, 0.1) is 6.04 Å². The summed E-state index contributed by atoms with van der Waals surface area (Å²) in [6.07, 6.45) is 0.961. The minimum absolute atomic E-state index is 0.0652. The molecule has 2 nitrogen and oxygen atoms in total. The molecule has 1 aromatic carbocycles. The summed E-state index contributed by atoms with van der Waals surface area (Å²) in [7, 11) is 0. The molecule has 0 saturated carbocycles. The van der Waals surface area contributed by atoms with E-state index in [1.54, 1.807) is 11.3 Å². The van der Waals surface area contributed by atoms with Crippen LogP contribution in [0.5, 0.6) is 0 Å². The fourth-order valence-corrected chi connectivity index (χ4v) is 2.95. The summed E-state index contributed by atoms with van der Waals surface area (Å²) in [6.45, 7) is 5.26. The Morgan fingerprint density at radius 3 is 2.50 bits per heavy atom. The van der Waals surface area contributed by atoms with Crippen LogP contribution in [0.1, 0.15) is 36.8 Å². The van der Waals surface area contributed by atoms with Crippen LogP contribution in [0.2, 0.25) is 0 Å². The van der Waals surface area contributed by atoms with Crippen molar-refractivity contribution < 1.29 is 5.11 Å². The van der Waals surface area contributed by atoms with Gasteiger partial charge in [0.1, 0.15) is 0 Å². The molecule has 0 bridgehead atoms. The standard InChI is InChI=1S/C17H23NOS/c1-3-17(2,13-19)12-18-16(15-10-7-11-20-15)14-8-5-4-6-9-14/h4-11,16,18-19H,3,12-13H2,1-2H3. The zero-order chi connectivity index (χ0) is 14.4. The normalized spacial score (nSPS) is 15.8. The average molecular weight is 289 g/mol. The Kier molecular flexibility index (Phi) is 5.35. The van der Waals surface area contributed by atoms with Gasteiger partial charge in [-0.3, -0.25) is 0 Å². The lowest BCUT2D eigenvalue weighted by Gasteiger charge is -2.29. The van der Waals surface area contributed by atoms with E-state index in [0.29, 0.717) is 0 Å². The number of rotatable bonds is 7. The Bertz CT molecular complexity index is 491. The topological polar surface area (TPSA) is 32.3 Å². The molecular weight excluding hydrogens is 266 g/mol. The maximum atomic E-state index is 9.56. The van der Waals surface area contributed by atoms with Crippen molar-refractivity contribution in [2.45, 2.75) is 26.3 Å². The van der Waals surface area contributed by atoms with Crippen molar-refractivity contribution in [3.05, 3.63) is 58.3 Å². The van der Waals surface area contributed by atoms with E-state index in [2.05, 4.69) is 60.9 Å². The van der Waals surface area contributed by atoms with E-state index < -0.39 is 0 Å². The molecule has 0 spiro atoms. The molecule has 20 heavy (non-hydrogen) atoms. The van der Waals surface area contributed by atoms with Gasteiger partial charge in [-0.1, -0.05) is 50.2 Å². The average Bonchev–Trinajstić information content (AvgIpc) is 3.02. The Hall–Kier alpha value is -1.16. The van der Waals surface area contributed by atoms with Gasteiger partial charge in [-0.25, -0.2) is 0 Å². The lowest BCUT2D eigenvalue weighted by molar-refractivity contribution is 0.133. The molecule has 0 aliphatic rings. The van der Waals surface area contributed by atoms with Gasteiger partial charge in [-0.2, -0.15) is 0 Å². The summed E-state index contributed by atoms with van der Waals surface area (Å²) in [5.41, 5.74) is 1.20. The highest BCUT2D eigenvalue weighted by Crippen LogP contribution is 2.28. The SMILES string of the molecule is CCC(C)(CO)CNC(c1ccccc1)c1cccs1. The molecular formula is C17H23NOS. The van der Waals surface area contributed by atoms with Crippen LogP contribution in [0.3, 0.4) is 0 Å². The minimum Gasteiger partial charge on any atom is -0.396 e. The summed E-state index contributed by atoms with van der Waals surface area (Å²) >= 11 is 1.77. The van der Waals surface area contributed by atoms with Gasteiger partial charge < -0.3 is 10.4 Å². The van der Waals surface area contributed by atoms with Gasteiger partial charge in [0.2, 0.25) is 0 Å². The monoisotopic (exact) mass is 289 g/mol. The molecule has 0 radical (unpaired) electrons. The van der Waals surface area contributed by atoms with Gasteiger partial charge in [0.15, 0.2) is 0 Å². The largest absolute Gasteiger partial charge is 0.396 e. The zero-order valence-electron chi connectivity index (χ0n) is 12.2. The minimum atomic E-state index is -0.0652. The van der Waals surface area contributed by atoms with Crippen molar-refractivity contribution >= 4 is 11.3 Å². The van der Waals surface area contributed by atoms with Crippen LogP contribution in [-0.2, 0) is 0 Å². The van der Waals surface area contributed by atoms with Crippen LogP contribution in [0.4, 0.5) is 0 Å². The van der Waals surface area contributed by atoms with Crippen LogP contribution >= 0.6 is 11.3 Å². The Labute approximate surface area is 125 Å². The van der Waals surface area contributed by atoms with Crippen LogP contribution in [0, 0.1) is 5.41 Å². The first-order valence-corrected chi connectivity index (χ1v) is 7.99. The van der Waals surface area contributed by atoms with Gasteiger partial charge >= 0.3 is 0 Å². The summed E-state index contributed by atoms with van der Waals surface area (Å²) in [4.78, 5) is 1.31. The molecule has 0 aliphatic carbocycles. The molecule has 3 heteroatoms. The van der Waals surface area contributed by atoms with E-state index in [4.69, 9.17) is 0 Å². The van der Waals surface area contributed by atoms with Crippen molar-refractivity contribution in [2.24, 2.45) is 5.41 Å². The first-order valence-electron chi connectivity index (χ1n) is 7.11. The molecule has 108 valence electrons. The number of benzene rings is 1. The smallest absolute Gasteiger partial charge is 0.0671 e. The molecule has 2 atom stereocenters. The Morgan fingerprint density at radius 2 is 1.95 bits per heavy atom. The first-order chi connectivity index (χ1) is 9.68. The van der Waals surface area contributed by atoms with E-state index in [1.165, 1.54) is 10.4 Å². The molecule has 1 aromatic heterocycles. The van der Waals surface area contributed by atoms with Crippen molar-refractivity contribution in [3.8, 4) is 0 Å². The highest BCUT2D eigenvalue weighted by atomic mass is 32.1. The third-order valence-corrected chi connectivity index (χ3v) is 4.87. The molecule has 1 heterocycles. The number of nitrogens with one attached hydrogen (secondary N) is 1. The summed E-state index contributed by atoms with van der Waals surface area (Å²) in [5.74, 6) is 0. The highest BCUT2D eigenvalue weighted by molar-refractivity contribution is 7.10. The maximum absolute atomic E-state index is 9.56. The molecule has 2 unspecified atom stereocenters. The number of thiophene rings is 1. The molecule has 2 aromatic rings. The van der Waals surface area contributed by atoms with Gasteiger partial charge in [0, 0.05) is 23.4 Å². The second-order valence-electron chi connectivity index (χ2n) is 5.56. The molecule has 2 rings (SSSR count). The van der Waals surface area contributed by atoms with Gasteiger partial charge in [-0.05, 0) is 23.4 Å². The van der Waals surface area contributed by atoms with Crippen LogP contribution in [0.15, 0.2) is 47.8 Å². The Balaban J connectivity index is 2.17. The van der Waals surface area contributed by atoms with Crippen LogP contribution < -0.4 is 5.32 Å². The fraction of sp³-hybridized carbons (Fsp3) is 0.412. The van der Waals surface area contributed by atoms with Gasteiger partial charge in [-0.15, -0.1) is 11.3 Å². The van der Waals surface area contributed by atoms with E-state index in [9.17, 15) is 5.11 Å². The molecule has 0 amide bonds. The second kappa shape index (κ2) is 7.02. The summed E-state index contributed by atoms with van der Waals surface area (Å²) in [6, 6.07) is 14.9. The predicted octanol–water partition coefficient (Wildman–Crippen LogP) is 3.84. The third-order valence-electron chi connectivity index (χ3n) is 3.93. The number of hydrogen-bond donors (Lipinski definition) is 2. The van der Waals surface area contributed by atoms with Crippen molar-refractivity contribution in [2.75, 3.05) is 13.2 Å². The number of aliphatic hydroxyl groups excluding tert-OH is 1.